The van der Waals surface area contributed by atoms with E-state index in [1.807, 2.05) is 0 Å². The maximum absolute atomic E-state index is 10.8. The molecule has 0 amide bonds. The van der Waals surface area contributed by atoms with Crippen molar-refractivity contribution in [2.75, 3.05) is 0 Å². The first kappa shape index (κ1) is 22.6. The molecule has 1 heterocycles. The van der Waals surface area contributed by atoms with Gasteiger partial charge < -0.3 is 14.9 Å². The van der Waals surface area contributed by atoms with Gasteiger partial charge in [-0.15, -0.1) is 0 Å². The van der Waals surface area contributed by atoms with Gasteiger partial charge in [0.15, 0.2) is 0 Å². The minimum absolute atomic E-state index is 0.0289. The van der Waals surface area contributed by atoms with Gasteiger partial charge in [0.25, 0.3) is 0 Å². The number of carbonyl (C=O) groups is 4. The van der Waals surface area contributed by atoms with Gasteiger partial charge >= 0.3 is 23.9 Å². The summed E-state index contributed by atoms with van der Waals surface area (Å²) in [6, 6.07) is 6.53. The van der Waals surface area contributed by atoms with E-state index in [1.54, 1.807) is 24.3 Å². The van der Waals surface area contributed by atoms with Gasteiger partial charge in [0, 0.05) is 0 Å². The van der Waals surface area contributed by atoms with E-state index in [0.717, 1.165) is 51.4 Å². The van der Waals surface area contributed by atoms with Crippen molar-refractivity contribution < 1.29 is 34.1 Å². The number of carboxylic acids is 2. The summed E-state index contributed by atoms with van der Waals surface area (Å²) in [5.41, 5.74) is 0.718. The molecule has 7 nitrogen and oxygen atoms in total. The second-order valence-corrected chi connectivity index (χ2v) is 7.57. The molecule has 0 unspecified atom stereocenters. The third-order valence-electron chi connectivity index (χ3n) is 5.46. The Hall–Kier alpha value is -2.70. The first-order chi connectivity index (χ1) is 13.9. The van der Waals surface area contributed by atoms with Crippen LogP contribution in [0.15, 0.2) is 24.3 Å². The number of carboxylic acid groups (broad SMARTS) is 2. The van der Waals surface area contributed by atoms with Crippen LogP contribution in [0.3, 0.4) is 0 Å². The van der Waals surface area contributed by atoms with Crippen LogP contribution in [-0.2, 0) is 14.3 Å². The lowest BCUT2D eigenvalue weighted by atomic mass is 9.90. The van der Waals surface area contributed by atoms with E-state index in [1.165, 1.54) is 12.8 Å². The average Bonchev–Trinajstić information content (AvgIpc) is 3.04. The molecule has 0 atom stereocenters. The second kappa shape index (κ2) is 11.3. The third kappa shape index (κ3) is 7.00. The molecule has 0 spiro atoms. The normalized spacial score (nSPS) is 19.0. The summed E-state index contributed by atoms with van der Waals surface area (Å²) >= 11 is 0. The van der Waals surface area contributed by atoms with Crippen LogP contribution in [0.4, 0.5) is 0 Å². The summed E-state index contributed by atoms with van der Waals surface area (Å²) in [6.07, 6.45) is 10.5. The van der Waals surface area contributed by atoms with Gasteiger partial charge in [0.05, 0.1) is 23.0 Å². The van der Waals surface area contributed by atoms with Crippen molar-refractivity contribution in [2.24, 2.45) is 11.8 Å². The summed E-state index contributed by atoms with van der Waals surface area (Å²) in [4.78, 5) is 42.4. The molecule has 0 saturated heterocycles. The molecule has 4 rings (SSSR count). The van der Waals surface area contributed by atoms with Crippen molar-refractivity contribution in [1.29, 1.82) is 0 Å². The number of benzene rings is 1. The number of hydrogen-bond acceptors (Lipinski definition) is 5. The largest absolute Gasteiger partial charge is 0.481 e. The number of fused-ring (bicyclic) bond motifs is 1. The van der Waals surface area contributed by atoms with Crippen LogP contribution in [0.2, 0.25) is 0 Å². The number of carbonyl (C=O) groups excluding carboxylic acids is 2. The molecule has 29 heavy (non-hydrogen) atoms. The topological polar surface area (TPSA) is 118 Å². The molecule has 7 heteroatoms. The Labute approximate surface area is 170 Å². The lowest BCUT2D eigenvalue weighted by Gasteiger charge is -2.16. The molecular weight excluding hydrogens is 376 g/mol. The molecule has 2 N–H and O–H groups in total. The lowest BCUT2D eigenvalue weighted by Crippen LogP contribution is -2.16. The minimum Gasteiger partial charge on any atom is -0.481 e. The van der Waals surface area contributed by atoms with E-state index >= 15 is 0 Å². The lowest BCUT2D eigenvalue weighted by molar-refractivity contribution is -0.143. The van der Waals surface area contributed by atoms with E-state index in [4.69, 9.17) is 10.2 Å². The van der Waals surface area contributed by atoms with Crippen LogP contribution in [-0.4, -0.2) is 34.1 Å². The third-order valence-corrected chi connectivity index (χ3v) is 5.46. The number of rotatable bonds is 2. The smallest absolute Gasteiger partial charge is 0.346 e. The van der Waals surface area contributed by atoms with Gasteiger partial charge in [0.2, 0.25) is 0 Å². The van der Waals surface area contributed by atoms with Crippen LogP contribution in [0, 0.1) is 11.8 Å². The van der Waals surface area contributed by atoms with Crippen LogP contribution in [0.1, 0.15) is 84.9 Å². The maximum Gasteiger partial charge on any atom is 0.346 e. The summed E-state index contributed by atoms with van der Waals surface area (Å²) in [5, 5.41) is 17.1. The number of cyclic esters (lactones) is 2. The number of hydrogen-bond donors (Lipinski definition) is 2. The fraction of sp³-hybridized carbons (Fsp3) is 0.545. The summed E-state index contributed by atoms with van der Waals surface area (Å²) < 4.78 is 4.35. The maximum atomic E-state index is 10.8. The number of aliphatic carboxylic acids is 2. The Kier molecular flexibility index (Phi) is 8.83. The van der Waals surface area contributed by atoms with Crippen molar-refractivity contribution >= 4 is 23.9 Å². The highest BCUT2D eigenvalue weighted by Crippen LogP contribution is 2.24. The minimum atomic E-state index is -0.602. The predicted octanol–water partition coefficient (Wildman–Crippen LogP) is 4.30. The average molecular weight is 404 g/mol. The summed E-state index contributed by atoms with van der Waals surface area (Å²) in [7, 11) is 0. The van der Waals surface area contributed by atoms with Gasteiger partial charge in [-0.25, -0.2) is 9.59 Å². The van der Waals surface area contributed by atoms with Crippen molar-refractivity contribution in [3.05, 3.63) is 35.4 Å². The standard InChI is InChI=1S/C8H4O3.2C7H12O2/c9-7-5-3-1-2-4-6(5)8(10)11-7;2*8-7(9)6-4-2-1-3-5-6/h1-4H;2*6H,1-5H2,(H,8,9). The van der Waals surface area contributed by atoms with Crippen molar-refractivity contribution in [2.45, 2.75) is 64.2 Å². The van der Waals surface area contributed by atoms with Gasteiger partial charge in [0.1, 0.15) is 0 Å². The number of esters is 2. The number of ether oxygens (including phenoxy) is 1. The molecule has 158 valence electrons. The SMILES string of the molecule is O=C(O)C1CCCCC1.O=C(O)C1CCCCC1.O=C1OC(=O)c2ccccc21. The van der Waals surface area contributed by atoms with E-state index in [-0.39, 0.29) is 11.8 Å². The monoisotopic (exact) mass is 404 g/mol. The zero-order valence-corrected chi connectivity index (χ0v) is 16.5. The molecule has 0 aromatic heterocycles. The second-order valence-electron chi connectivity index (χ2n) is 7.57. The molecule has 3 aliphatic rings. The van der Waals surface area contributed by atoms with Gasteiger partial charge in [-0.3, -0.25) is 9.59 Å². The van der Waals surface area contributed by atoms with Crippen molar-refractivity contribution in [3.8, 4) is 0 Å². The van der Waals surface area contributed by atoms with Crippen molar-refractivity contribution in [1.82, 2.24) is 0 Å². The van der Waals surface area contributed by atoms with Crippen molar-refractivity contribution in [3.63, 3.8) is 0 Å². The molecular formula is C22H28O7. The Balaban J connectivity index is 0.000000157. The summed E-state index contributed by atoms with van der Waals surface area (Å²) in [5.74, 6) is -2.36. The molecule has 2 aliphatic carbocycles. The van der Waals surface area contributed by atoms with E-state index in [9.17, 15) is 19.2 Å². The fourth-order valence-corrected chi connectivity index (χ4v) is 3.73. The molecule has 0 bridgehead atoms. The zero-order chi connectivity index (χ0) is 21.2. The van der Waals surface area contributed by atoms with Crippen LogP contribution >= 0.6 is 0 Å². The van der Waals surface area contributed by atoms with E-state index in [0.29, 0.717) is 11.1 Å². The summed E-state index contributed by atoms with van der Waals surface area (Å²) in [6.45, 7) is 0. The zero-order valence-electron chi connectivity index (χ0n) is 16.5. The van der Waals surface area contributed by atoms with Gasteiger partial charge in [-0.05, 0) is 37.8 Å². The molecule has 1 aromatic rings. The van der Waals surface area contributed by atoms with Crippen LogP contribution in [0.25, 0.3) is 0 Å². The first-order valence-corrected chi connectivity index (χ1v) is 10.2. The van der Waals surface area contributed by atoms with E-state index in [2.05, 4.69) is 4.74 Å². The molecule has 0 radical (unpaired) electrons. The quantitative estimate of drug-likeness (QED) is 0.557. The highest BCUT2D eigenvalue weighted by atomic mass is 16.6. The highest BCUT2D eigenvalue weighted by molar-refractivity contribution is 6.14. The molecule has 2 fully saturated rings. The molecule has 2 saturated carbocycles. The Morgan fingerprint density at radius 2 is 1.03 bits per heavy atom. The van der Waals surface area contributed by atoms with Gasteiger partial charge in [-0.2, -0.15) is 0 Å². The molecule has 1 aliphatic heterocycles. The first-order valence-electron chi connectivity index (χ1n) is 10.2. The van der Waals surface area contributed by atoms with E-state index < -0.39 is 23.9 Å². The van der Waals surface area contributed by atoms with Crippen LogP contribution < -0.4 is 0 Å². The Morgan fingerprint density at radius 1 is 0.690 bits per heavy atom. The Morgan fingerprint density at radius 3 is 1.31 bits per heavy atom. The highest BCUT2D eigenvalue weighted by Gasteiger charge is 2.28. The Bertz CT molecular complexity index is 667. The van der Waals surface area contributed by atoms with Crippen LogP contribution in [0.5, 0.6) is 0 Å². The van der Waals surface area contributed by atoms with Gasteiger partial charge in [-0.1, -0.05) is 50.7 Å². The fourth-order valence-electron chi connectivity index (χ4n) is 3.73. The predicted molar refractivity (Wildman–Crippen MR) is 105 cm³/mol. The molecule has 1 aromatic carbocycles.